The highest BCUT2D eigenvalue weighted by atomic mass is 19.3. The van der Waals surface area contributed by atoms with Crippen LogP contribution in [0.3, 0.4) is 0 Å². The number of halogens is 2. The second kappa shape index (κ2) is 4.10. The summed E-state index contributed by atoms with van der Waals surface area (Å²) in [5, 5.41) is 4.18. The summed E-state index contributed by atoms with van der Waals surface area (Å²) in [6.07, 6.45) is 1.73. The van der Waals surface area contributed by atoms with Gasteiger partial charge in [-0.3, -0.25) is 9.58 Å². The maximum atomic E-state index is 12.9. The molecule has 0 fully saturated rings. The lowest BCUT2D eigenvalue weighted by Crippen LogP contribution is -2.40. The van der Waals surface area contributed by atoms with Crippen molar-refractivity contribution in [1.82, 2.24) is 14.7 Å². The van der Waals surface area contributed by atoms with Crippen LogP contribution in [-0.4, -0.2) is 33.7 Å². The maximum absolute atomic E-state index is 12.9. The van der Waals surface area contributed by atoms with Crippen LogP contribution in [0.1, 0.15) is 18.2 Å². The Labute approximate surface area is 93.0 Å². The van der Waals surface area contributed by atoms with E-state index in [-0.39, 0.29) is 6.54 Å². The Hall–Kier alpha value is -1.01. The van der Waals surface area contributed by atoms with E-state index >= 15 is 0 Å². The van der Waals surface area contributed by atoms with E-state index in [1.165, 1.54) is 0 Å². The predicted molar refractivity (Wildman–Crippen MR) is 56.0 cm³/mol. The SMILES string of the molecule is CC(F)(F)CN1CCn2ncc(CN)c2C1. The molecule has 1 aromatic heterocycles. The van der Waals surface area contributed by atoms with Gasteiger partial charge in [0.15, 0.2) is 0 Å². The fourth-order valence-electron chi connectivity index (χ4n) is 2.05. The average Bonchev–Trinajstić information content (AvgIpc) is 2.57. The molecular weight excluding hydrogens is 214 g/mol. The van der Waals surface area contributed by atoms with Crippen molar-refractivity contribution in [1.29, 1.82) is 0 Å². The van der Waals surface area contributed by atoms with Crippen molar-refractivity contribution in [3.8, 4) is 0 Å². The number of aromatic nitrogens is 2. The lowest BCUT2D eigenvalue weighted by atomic mass is 10.2. The standard InChI is InChI=1S/C10H16F2N4/c1-10(11,12)7-15-2-3-16-9(6-15)8(4-13)5-14-16/h5H,2-4,6-7,13H2,1H3. The van der Waals surface area contributed by atoms with Gasteiger partial charge in [0.1, 0.15) is 0 Å². The van der Waals surface area contributed by atoms with Crippen LogP contribution in [-0.2, 0) is 19.6 Å². The fourth-order valence-corrected chi connectivity index (χ4v) is 2.05. The number of alkyl halides is 2. The third-order valence-corrected chi connectivity index (χ3v) is 2.76. The van der Waals surface area contributed by atoms with Crippen LogP contribution in [0.15, 0.2) is 6.20 Å². The molecule has 0 atom stereocenters. The average molecular weight is 230 g/mol. The van der Waals surface area contributed by atoms with Gasteiger partial charge in [0.05, 0.1) is 25.0 Å². The summed E-state index contributed by atoms with van der Waals surface area (Å²) in [6.45, 7) is 2.93. The van der Waals surface area contributed by atoms with Crippen LogP contribution in [0.5, 0.6) is 0 Å². The van der Waals surface area contributed by atoms with Gasteiger partial charge in [0.2, 0.25) is 0 Å². The Kier molecular flexibility index (Phi) is 2.94. The maximum Gasteiger partial charge on any atom is 0.257 e. The van der Waals surface area contributed by atoms with E-state index in [1.807, 2.05) is 4.68 Å². The van der Waals surface area contributed by atoms with E-state index in [4.69, 9.17) is 5.73 Å². The lowest BCUT2D eigenvalue weighted by molar-refractivity contribution is -0.0214. The van der Waals surface area contributed by atoms with Crippen LogP contribution in [0.2, 0.25) is 0 Å². The normalized spacial score (nSPS) is 17.5. The van der Waals surface area contributed by atoms with Crippen LogP contribution in [0.4, 0.5) is 8.78 Å². The molecule has 0 aromatic carbocycles. The molecule has 6 heteroatoms. The van der Waals surface area contributed by atoms with Crippen molar-refractivity contribution in [2.75, 3.05) is 13.1 Å². The zero-order chi connectivity index (χ0) is 11.8. The minimum Gasteiger partial charge on any atom is -0.326 e. The first-order valence-electron chi connectivity index (χ1n) is 5.33. The smallest absolute Gasteiger partial charge is 0.257 e. The quantitative estimate of drug-likeness (QED) is 0.836. The molecule has 0 saturated heterocycles. The Bertz CT molecular complexity index is 356. The molecule has 2 N–H and O–H groups in total. The highest BCUT2D eigenvalue weighted by Gasteiger charge is 2.28. The summed E-state index contributed by atoms with van der Waals surface area (Å²) in [7, 11) is 0. The zero-order valence-electron chi connectivity index (χ0n) is 9.29. The summed E-state index contributed by atoms with van der Waals surface area (Å²) in [4.78, 5) is 1.75. The molecule has 0 unspecified atom stereocenters. The lowest BCUT2D eigenvalue weighted by Gasteiger charge is -2.30. The third-order valence-electron chi connectivity index (χ3n) is 2.76. The minimum absolute atomic E-state index is 0.206. The van der Waals surface area contributed by atoms with Gasteiger partial charge in [-0.2, -0.15) is 5.10 Å². The van der Waals surface area contributed by atoms with E-state index < -0.39 is 5.92 Å². The van der Waals surface area contributed by atoms with Crippen molar-refractivity contribution in [3.63, 3.8) is 0 Å². The number of nitrogens with two attached hydrogens (primary N) is 1. The second-order valence-corrected chi connectivity index (χ2v) is 4.32. The number of fused-ring (bicyclic) bond motifs is 1. The van der Waals surface area contributed by atoms with E-state index in [0.717, 1.165) is 18.2 Å². The number of rotatable bonds is 3. The molecule has 0 aliphatic carbocycles. The van der Waals surface area contributed by atoms with Crippen molar-refractivity contribution in [2.24, 2.45) is 5.73 Å². The molecule has 0 saturated carbocycles. The summed E-state index contributed by atoms with van der Waals surface area (Å²) < 4.78 is 27.7. The second-order valence-electron chi connectivity index (χ2n) is 4.32. The topological polar surface area (TPSA) is 47.1 Å². The summed E-state index contributed by atoms with van der Waals surface area (Å²) in [5.74, 6) is -2.65. The van der Waals surface area contributed by atoms with Gasteiger partial charge < -0.3 is 5.73 Å². The first kappa shape index (κ1) is 11.5. The predicted octanol–water partition coefficient (Wildman–Crippen LogP) is 0.813. The molecule has 0 amide bonds. The van der Waals surface area contributed by atoms with Crippen LogP contribution < -0.4 is 5.73 Å². The molecule has 0 radical (unpaired) electrons. The van der Waals surface area contributed by atoms with Crippen molar-refractivity contribution in [2.45, 2.75) is 32.5 Å². The van der Waals surface area contributed by atoms with Gasteiger partial charge >= 0.3 is 0 Å². The molecule has 0 bridgehead atoms. The third kappa shape index (κ3) is 2.38. The molecule has 1 aliphatic heterocycles. The molecule has 1 aliphatic rings. The van der Waals surface area contributed by atoms with Gasteiger partial charge in [-0.25, -0.2) is 8.78 Å². The highest BCUT2D eigenvalue weighted by Crippen LogP contribution is 2.20. The first-order chi connectivity index (χ1) is 7.49. The van der Waals surface area contributed by atoms with Crippen LogP contribution >= 0.6 is 0 Å². The number of nitrogens with zero attached hydrogens (tertiary/aromatic N) is 3. The first-order valence-corrected chi connectivity index (χ1v) is 5.33. The molecule has 16 heavy (non-hydrogen) atoms. The van der Waals surface area contributed by atoms with Gasteiger partial charge in [-0.15, -0.1) is 0 Å². The van der Waals surface area contributed by atoms with E-state index in [2.05, 4.69) is 5.10 Å². The molecule has 4 nitrogen and oxygen atoms in total. The Balaban J connectivity index is 2.10. The Morgan fingerprint density at radius 3 is 2.88 bits per heavy atom. The molecular formula is C10H16F2N4. The molecule has 0 spiro atoms. The summed E-state index contributed by atoms with van der Waals surface area (Å²) >= 11 is 0. The van der Waals surface area contributed by atoms with Gasteiger partial charge in [-0.05, 0) is 0 Å². The highest BCUT2D eigenvalue weighted by molar-refractivity contribution is 5.18. The van der Waals surface area contributed by atoms with Crippen molar-refractivity contribution in [3.05, 3.63) is 17.5 Å². The minimum atomic E-state index is -2.65. The van der Waals surface area contributed by atoms with Crippen LogP contribution in [0, 0.1) is 0 Å². The Morgan fingerprint density at radius 1 is 1.50 bits per heavy atom. The van der Waals surface area contributed by atoms with Crippen molar-refractivity contribution < 1.29 is 8.78 Å². The summed E-state index contributed by atoms with van der Waals surface area (Å²) in [6, 6.07) is 0. The zero-order valence-corrected chi connectivity index (χ0v) is 9.29. The van der Waals surface area contributed by atoms with Gasteiger partial charge in [0.25, 0.3) is 5.92 Å². The molecule has 2 rings (SSSR count). The van der Waals surface area contributed by atoms with Crippen molar-refractivity contribution >= 4 is 0 Å². The molecule has 2 heterocycles. The number of hydrogen-bond donors (Lipinski definition) is 1. The monoisotopic (exact) mass is 230 g/mol. The Morgan fingerprint density at radius 2 is 2.25 bits per heavy atom. The fraction of sp³-hybridized carbons (Fsp3) is 0.700. The van der Waals surface area contributed by atoms with Gasteiger partial charge in [0, 0.05) is 32.1 Å². The largest absolute Gasteiger partial charge is 0.326 e. The molecule has 90 valence electrons. The van der Waals surface area contributed by atoms with E-state index in [1.54, 1.807) is 11.1 Å². The van der Waals surface area contributed by atoms with Gasteiger partial charge in [-0.1, -0.05) is 0 Å². The molecule has 1 aromatic rings. The summed E-state index contributed by atoms with van der Waals surface area (Å²) in [5.41, 5.74) is 7.49. The van der Waals surface area contributed by atoms with E-state index in [9.17, 15) is 8.78 Å². The van der Waals surface area contributed by atoms with Crippen LogP contribution in [0.25, 0.3) is 0 Å². The van der Waals surface area contributed by atoms with E-state index in [0.29, 0.717) is 26.2 Å². The number of hydrogen-bond acceptors (Lipinski definition) is 3.